The van der Waals surface area contributed by atoms with Crippen LogP contribution in [0.3, 0.4) is 0 Å². The molecule has 2 aromatic carbocycles. The first kappa shape index (κ1) is 16.2. The number of hydrogen-bond donors (Lipinski definition) is 1. The van der Waals surface area contributed by atoms with Gasteiger partial charge in [0, 0.05) is 27.1 Å². The van der Waals surface area contributed by atoms with Crippen LogP contribution in [0.2, 0.25) is 10.0 Å². The molecule has 0 aliphatic carbocycles. The van der Waals surface area contributed by atoms with Crippen molar-refractivity contribution in [3.05, 3.63) is 63.1 Å². The van der Waals surface area contributed by atoms with E-state index in [1.807, 2.05) is 24.3 Å². The lowest BCUT2D eigenvalue weighted by Gasteiger charge is -2.09. The van der Waals surface area contributed by atoms with E-state index < -0.39 is 0 Å². The normalized spacial score (nSPS) is 10.6. The molecule has 0 saturated heterocycles. The summed E-state index contributed by atoms with van der Waals surface area (Å²) in [6.45, 7) is 1.41. The molecule has 0 aliphatic heterocycles. The van der Waals surface area contributed by atoms with Crippen LogP contribution in [0.15, 0.2) is 36.4 Å². The number of hydrogen-bond acceptors (Lipinski definition) is 3. The summed E-state index contributed by atoms with van der Waals surface area (Å²) < 4.78 is 0. The molecule has 2 aromatic rings. The van der Waals surface area contributed by atoms with Crippen molar-refractivity contribution in [1.82, 2.24) is 0 Å². The number of ketones is 1. The van der Waals surface area contributed by atoms with Gasteiger partial charge >= 0.3 is 0 Å². The van der Waals surface area contributed by atoms with Crippen LogP contribution in [0.25, 0.3) is 0 Å². The lowest BCUT2D eigenvalue weighted by Crippen LogP contribution is -1.96. The number of carbonyl (C=O) groups excluding carboxylic acids is 1. The first-order valence-corrected chi connectivity index (χ1v) is 8.23. The highest BCUT2D eigenvalue weighted by Gasteiger charge is 2.13. The van der Waals surface area contributed by atoms with Gasteiger partial charge in [-0.3, -0.25) is 4.79 Å². The zero-order valence-corrected chi connectivity index (χ0v) is 13.7. The Bertz CT molecular complexity index is 654. The van der Waals surface area contributed by atoms with E-state index in [0.29, 0.717) is 21.4 Å². The third-order valence-electron chi connectivity index (χ3n) is 2.97. The summed E-state index contributed by atoms with van der Waals surface area (Å²) in [5.74, 6) is 1.20. The summed E-state index contributed by atoms with van der Waals surface area (Å²) in [5, 5.41) is 11.3. The van der Waals surface area contributed by atoms with Crippen LogP contribution in [0.5, 0.6) is 5.75 Å². The third-order valence-corrected chi connectivity index (χ3v) is 4.50. The maximum Gasteiger partial charge on any atom is 0.163 e. The maximum atomic E-state index is 11.5. The van der Waals surface area contributed by atoms with Crippen LogP contribution >= 0.6 is 35.0 Å². The first-order valence-electron chi connectivity index (χ1n) is 6.32. The fraction of sp³-hybridized carbons (Fsp3) is 0.188. The van der Waals surface area contributed by atoms with Crippen LogP contribution in [-0.2, 0) is 11.5 Å². The molecule has 0 fully saturated rings. The van der Waals surface area contributed by atoms with Crippen molar-refractivity contribution in [2.45, 2.75) is 18.4 Å². The Morgan fingerprint density at radius 2 is 1.76 bits per heavy atom. The quantitative estimate of drug-likeness (QED) is 0.747. The molecule has 0 saturated carbocycles. The Labute approximate surface area is 138 Å². The van der Waals surface area contributed by atoms with Crippen LogP contribution in [0.1, 0.15) is 28.4 Å². The average molecular weight is 341 g/mol. The van der Waals surface area contributed by atoms with Gasteiger partial charge in [-0.2, -0.15) is 11.8 Å². The molecule has 0 atom stereocenters. The van der Waals surface area contributed by atoms with Crippen LogP contribution in [0, 0.1) is 0 Å². The van der Waals surface area contributed by atoms with Gasteiger partial charge in [0.15, 0.2) is 5.78 Å². The van der Waals surface area contributed by atoms with Gasteiger partial charge in [0.2, 0.25) is 0 Å². The molecule has 0 amide bonds. The molecule has 0 bridgehead atoms. The predicted molar refractivity (Wildman–Crippen MR) is 89.6 cm³/mol. The molecule has 0 spiro atoms. The van der Waals surface area contributed by atoms with Crippen molar-refractivity contribution in [3.8, 4) is 5.75 Å². The van der Waals surface area contributed by atoms with Gasteiger partial charge in [0.25, 0.3) is 0 Å². The van der Waals surface area contributed by atoms with E-state index >= 15 is 0 Å². The van der Waals surface area contributed by atoms with Crippen molar-refractivity contribution >= 4 is 40.7 Å². The van der Waals surface area contributed by atoms with Crippen molar-refractivity contribution in [2.24, 2.45) is 0 Å². The minimum atomic E-state index is -0.195. The van der Waals surface area contributed by atoms with E-state index in [1.54, 1.807) is 17.8 Å². The van der Waals surface area contributed by atoms with Gasteiger partial charge in [-0.25, -0.2) is 0 Å². The minimum Gasteiger partial charge on any atom is -0.507 e. The largest absolute Gasteiger partial charge is 0.507 e. The standard InChI is InChI=1S/C16H14Cl2O2S/c1-10(19)15-7-14(18)6-12(16(15)20)9-21-8-11-2-4-13(17)5-3-11/h2-7,20H,8-9H2,1H3. The number of thioether (sulfide) groups is 1. The zero-order chi connectivity index (χ0) is 15.4. The van der Waals surface area contributed by atoms with E-state index in [1.165, 1.54) is 13.0 Å². The zero-order valence-electron chi connectivity index (χ0n) is 11.4. The topological polar surface area (TPSA) is 37.3 Å². The summed E-state index contributed by atoms with van der Waals surface area (Å²) in [4.78, 5) is 11.5. The third kappa shape index (κ3) is 4.40. The lowest BCUT2D eigenvalue weighted by atomic mass is 10.1. The van der Waals surface area contributed by atoms with Gasteiger partial charge in [-0.05, 0) is 36.8 Å². The molecule has 0 unspecified atom stereocenters. The van der Waals surface area contributed by atoms with Gasteiger partial charge in [-0.15, -0.1) is 0 Å². The summed E-state index contributed by atoms with van der Waals surface area (Å²) in [7, 11) is 0. The summed E-state index contributed by atoms with van der Waals surface area (Å²) in [6, 6.07) is 10.8. The highest BCUT2D eigenvalue weighted by atomic mass is 35.5. The molecule has 0 heterocycles. The molecule has 21 heavy (non-hydrogen) atoms. The molecule has 0 aliphatic rings. The lowest BCUT2D eigenvalue weighted by molar-refractivity contribution is 0.101. The molecule has 2 nitrogen and oxygen atoms in total. The number of halogens is 2. The molecule has 5 heteroatoms. The average Bonchev–Trinajstić information content (AvgIpc) is 2.44. The van der Waals surface area contributed by atoms with Crippen molar-refractivity contribution in [3.63, 3.8) is 0 Å². The molecule has 2 rings (SSSR count). The smallest absolute Gasteiger partial charge is 0.163 e. The fourth-order valence-corrected chi connectivity index (χ4v) is 3.23. The van der Waals surface area contributed by atoms with Crippen LogP contribution in [-0.4, -0.2) is 10.9 Å². The Balaban J connectivity index is 2.06. The van der Waals surface area contributed by atoms with Gasteiger partial charge < -0.3 is 5.11 Å². The van der Waals surface area contributed by atoms with Crippen LogP contribution in [0.4, 0.5) is 0 Å². The van der Waals surface area contributed by atoms with E-state index in [9.17, 15) is 9.90 Å². The first-order chi connectivity index (χ1) is 9.97. The fourth-order valence-electron chi connectivity index (χ4n) is 1.89. The Morgan fingerprint density at radius 1 is 1.10 bits per heavy atom. The number of Topliss-reactive ketones (excluding diaryl/α,β-unsaturated/α-hetero) is 1. The summed E-state index contributed by atoms with van der Waals surface area (Å²) in [6.07, 6.45) is 0. The van der Waals surface area contributed by atoms with Crippen molar-refractivity contribution in [1.29, 1.82) is 0 Å². The number of phenols is 1. The van der Waals surface area contributed by atoms with Gasteiger partial charge in [0.05, 0.1) is 5.56 Å². The Kier molecular flexibility index (Phi) is 5.57. The van der Waals surface area contributed by atoms with Gasteiger partial charge in [0.1, 0.15) is 5.75 Å². The van der Waals surface area contributed by atoms with E-state index in [4.69, 9.17) is 23.2 Å². The molecule has 0 aromatic heterocycles. The van der Waals surface area contributed by atoms with E-state index in [0.717, 1.165) is 11.3 Å². The molecule has 0 radical (unpaired) electrons. The maximum absolute atomic E-state index is 11.5. The van der Waals surface area contributed by atoms with Crippen molar-refractivity contribution in [2.75, 3.05) is 0 Å². The number of benzene rings is 2. The summed E-state index contributed by atoms with van der Waals surface area (Å²) >= 11 is 13.5. The van der Waals surface area contributed by atoms with Crippen molar-refractivity contribution < 1.29 is 9.90 Å². The second kappa shape index (κ2) is 7.21. The number of rotatable bonds is 5. The van der Waals surface area contributed by atoms with Gasteiger partial charge in [-0.1, -0.05) is 35.3 Å². The highest BCUT2D eigenvalue weighted by molar-refractivity contribution is 7.97. The van der Waals surface area contributed by atoms with E-state index in [2.05, 4.69) is 0 Å². The minimum absolute atomic E-state index is 0.0236. The Morgan fingerprint density at radius 3 is 2.38 bits per heavy atom. The monoisotopic (exact) mass is 340 g/mol. The molecule has 110 valence electrons. The number of aromatic hydroxyl groups is 1. The SMILES string of the molecule is CC(=O)c1cc(Cl)cc(CSCc2ccc(Cl)cc2)c1O. The van der Waals surface area contributed by atoms with Crippen LogP contribution < -0.4 is 0 Å². The molecule has 1 N–H and O–H groups in total. The number of carbonyl (C=O) groups is 1. The highest BCUT2D eigenvalue weighted by Crippen LogP contribution is 2.31. The second-order valence-corrected chi connectivity index (χ2v) is 6.50. The molecular formula is C16H14Cl2O2S. The summed E-state index contributed by atoms with van der Waals surface area (Å²) in [5.41, 5.74) is 2.09. The second-order valence-electron chi connectivity index (χ2n) is 4.64. The Hall–Kier alpha value is -1.16. The molecular weight excluding hydrogens is 327 g/mol. The number of phenolic OH excluding ortho intramolecular Hbond substituents is 1. The van der Waals surface area contributed by atoms with E-state index in [-0.39, 0.29) is 17.1 Å². The predicted octanol–water partition coefficient (Wildman–Crippen LogP) is 5.34.